The van der Waals surface area contributed by atoms with E-state index in [0.717, 1.165) is 15.6 Å². The number of hydrogen-bond donors (Lipinski definition) is 4. The van der Waals surface area contributed by atoms with E-state index in [-0.39, 0.29) is 24.6 Å². The number of urea groups is 1. The Balaban J connectivity index is 1.77. The van der Waals surface area contributed by atoms with Crippen LogP contribution in [0.2, 0.25) is 0 Å². The number of nitrogens with one attached hydrogen (secondary N) is 3. The monoisotopic (exact) mass is 540 g/mol. The second-order valence-electron chi connectivity index (χ2n) is 8.00. The van der Waals surface area contributed by atoms with Crippen LogP contribution >= 0.6 is 15.9 Å². The van der Waals surface area contributed by atoms with Crippen molar-refractivity contribution in [2.75, 3.05) is 10.6 Å². The highest BCUT2D eigenvalue weighted by atomic mass is 79.9. The van der Waals surface area contributed by atoms with E-state index in [2.05, 4.69) is 31.9 Å². The lowest BCUT2D eigenvalue weighted by atomic mass is 10.0. The number of anilines is 2. The highest BCUT2D eigenvalue weighted by Crippen LogP contribution is 2.22. The summed E-state index contributed by atoms with van der Waals surface area (Å²) in [5.41, 5.74) is 2.59. The summed E-state index contributed by atoms with van der Waals surface area (Å²) in [5.74, 6) is -1.27. The molecule has 1 atom stereocenters. The van der Waals surface area contributed by atoms with E-state index < -0.39 is 23.6 Å². The van der Waals surface area contributed by atoms with Gasteiger partial charge in [-0.1, -0.05) is 45.8 Å². The second-order valence-corrected chi connectivity index (χ2v) is 8.86. The van der Waals surface area contributed by atoms with Crippen molar-refractivity contribution in [3.63, 3.8) is 0 Å². The smallest absolute Gasteiger partial charge is 0.319 e. The summed E-state index contributed by atoms with van der Waals surface area (Å²) in [5, 5.41) is 17.1. The third-order valence-electron chi connectivity index (χ3n) is 5.14. The summed E-state index contributed by atoms with van der Waals surface area (Å²) < 4.78 is 2.17. The Labute approximate surface area is 210 Å². The number of halogens is 1. The van der Waals surface area contributed by atoms with Crippen molar-refractivity contribution >= 4 is 45.2 Å². The molecule has 182 valence electrons. The molecule has 2 aromatic carbocycles. The zero-order valence-electron chi connectivity index (χ0n) is 19.2. The Hall–Kier alpha value is -3.92. The molecule has 1 aromatic heterocycles. The Bertz CT molecular complexity index is 1300. The van der Waals surface area contributed by atoms with Crippen LogP contribution in [-0.4, -0.2) is 27.6 Å². The van der Waals surface area contributed by atoms with Gasteiger partial charge in [-0.3, -0.25) is 14.4 Å². The maximum atomic E-state index is 13.0. The van der Waals surface area contributed by atoms with Crippen LogP contribution in [0, 0.1) is 6.92 Å². The first-order valence-corrected chi connectivity index (χ1v) is 11.5. The maximum absolute atomic E-state index is 13.0. The molecule has 0 aliphatic heterocycles. The van der Waals surface area contributed by atoms with E-state index in [1.165, 1.54) is 17.6 Å². The number of aliphatic carboxylic acids is 1. The lowest BCUT2D eigenvalue weighted by Gasteiger charge is -2.18. The van der Waals surface area contributed by atoms with E-state index in [1.807, 2.05) is 19.1 Å². The molecule has 9 nitrogen and oxygen atoms in total. The Morgan fingerprint density at radius 3 is 2.43 bits per heavy atom. The first kappa shape index (κ1) is 25.7. The third kappa shape index (κ3) is 7.28. The van der Waals surface area contributed by atoms with E-state index >= 15 is 0 Å². The largest absolute Gasteiger partial charge is 0.481 e. The van der Waals surface area contributed by atoms with Gasteiger partial charge in [-0.15, -0.1) is 0 Å². The van der Waals surface area contributed by atoms with Crippen LogP contribution in [0.1, 0.15) is 36.1 Å². The summed E-state index contributed by atoms with van der Waals surface area (Å²) in [6.45, 7) is 3.51. The number of pyridine rings is 1. The van der Waals surface area contributed by atoms with Gasteiger partial charge in [0.1, 0.15) is 5.69 Å². The summed E-state index contributed by atoms with van der Waals surface area (Å²) in [6, 6.07) is 14.1. The van der Waals surface area contributed by atoms with Crippen LogP contribution in [0.5, 0.6) is 0 Å². The molecule has 0 bridgehead atoms. The Morgan fingerprint density at radius 2 is 1.77 bits per heavy atom. The average Bonchev–Trinajstić information content (AvgIpc) is 2.78. The standard InChI is InChI=1S/C25H25BrN4O5/c1-15-5-7-17(8-6-15)22(13-23(32)33)29-25(35)28-21-4-3-11-30(24(21)34)14-18-12-19(27-16(2)31)9-10-20(18)26/h3-12,22H,13-14H2,1-2H3,(H,27,31)(H,32,33)(H2,28,29,35)/t22-/m0/s1. The molecule has 0 aliphatic rings. The minimum Gasteiger partial charge on any atom is -0.481 e. The summed E-state index contributed by atoms with van der Waals surface area (Å²) in [6.07, 6.45) is 1.27. The van der Waals surface area contributed by atoms with Crippen LogP contribution in [0.25, 0.3) is 0 Å². The number of carboxylic acid groups (broad SMARTS) is 1. The van der Waals surface area contributed by atoms with E-state index in [1.54, 1.807) is 42.6 Å². The lowest BCUT2D eigenvalue weighted by molar-refractivity contribution is -0.137. The van der Waals surface area contributed by atoms with E-state index in [9.17, 15) is 24.3 Å². The number of hydrogen-bond acceptors (Lipinski definition) is 4. The quantitative estimate of drug-likeness (QED) is 0.339. The second kappa shape index (κ2) is 11.5. The van der Waals surface area contributed by atoms with Crippen molar-refractivity contribution in [3.8, 4) is 0 Å². The van der Waals surface area contributed by atoms with Gasteiger partial charge in [-0.2, -0.15) is 0 Å². The number of aryl methyl sites for hydroxylation is 1. The summed E-state index contributed by atoms with van der Waals surface area (Å²) in [7, 11) is 0. The van der Waals surface area contributed by atoms with Gasteiger partial charge in [-0.25, -0.2) is 4.79 Å². The number of rotatable bonds is 8. The minimum absolute atomic E-state index is 0.0390. The molecule has 4 N–H and O–H groups in total. The molecule has 0 saturated carbocycles. The van der Waals surface area contributed by atoms with E-state index in [4.69, 9.17) is 0 Å². The highest BCUT2D eigenvalue weighted by molar-refractivity contribution is 9.10. The van der Waals surface area contributed by atoms with Crippen LogP contribution < -0.4 is 21.5 Å². The highest BCUT2D eigenvalue weighted by Gasteiger charge is 2.19. The number of carboxylic acids is 1. The minimum atomic E-state index is -1.06. The van der Waals surface area contributed by atoms with Gasteiger partial charge in [-0.05, 0) is 48.4 Å². The Kier molecular flexibility index (Phi) is 8.43. The Morgan fingerprint density at radius 1 is 1.06 bits per heavy atom. The lowest BCUT2D eigenvalue weighted by Crippen LogP contribution is -2.36. The first-order valence-electron chi connectivity index (χ1n) is 10.7. The SMILES string of the molecule is CC(=O)Nc1ccc(Br)c(Cn2cccc(NC(=O)N[C@@H](CC(=O)O)c3ccc(C)cc3)c2=O)c1. The third-order valence-corrected chi connectivity index (χ3v) is 5.91. The fraction of sp³-hybridized carbons (Fsp3) is 0.200. The molecule has 0 aliphatic carbocycles. The average molecular weight is 541 g/mol. The summed E-state index contributed by atoms with van der Waals surface area (Å²) >= 11 is 3.46. The predicted molar refractivity (Wildman–Crippen MR) is 137 cm³/mol. The predicted octanol–water partition coefficient (Wildman–Crippen LogP) is 4.26. The maximum Gasteiger partial charge on any atom is 0.319 e. The number of amides is 3. The molecule has 1 heterocycles. The summed E-state index contributed by atoms with van der Waals surface area (Å²) in [4.78, 5) is 48.3. The van der Waals surface area contributed by atoms with Crippen LogP contribution in [0.15, 0.2) is 70.1 Å². The number of aromatic nitrogens is 1. The van der Waals surface area contributed by atoms with Gasteiger partial charge in [0.25, 0.3) is 5.56 Å². The van der Waals surface area contributed by atoms with Crippen LogP contribution in [0.4, 0.5) is 16.2 Å². The van der Waals surface area contributed by atoms with Crippen molar-refractivity contribution in [1.29, 1.82) is 0 Å². The number of nitrogens with zero attached hydrogens (tertiary/aromatic N) is 1. The molecule has 10 heteroatoms. The molecule has 0 radical (unpaired) electrons. The fourth-order valence-corrected chi connectivity index (χ4v) is 3.83. The fourth-order valence-electron chi connectivity index (χ4n) is 3.46. The van der Waals surface area contributed by atoms with Crippen molar-refractivity contribution in [2.45, 2.75) is 32.9 Å². The zero-order valence-corrected chi connectivity index (χ0v) is 20.8. The topological polar surface area (TPSA) is 130 Å². The zero-order chi connectivity index (χ0) is 25.5. The van der Waals surface area contributed by atoms with Gasteiger partial charge in [0.2, 0.25) is 5.91 Å². The molecule has 0 saturated heterocycles. The molecular formula is C25H25BrN4O5. The molecule has 3 aromatic rings. The van der Waals surface area contributed by atoms with Crippen LogP contribution in [-0.2, 0) is 16.1 Å². The normalized spacial score (nSPS) is 11.4. The molecule has 0 unspecified atom stereocenters. The first-order chi connectivity index (χ1) is 16.6. The number of benzene rings is 2. The molecule has 3 amide bonds. The van der Waals surface area contributed by atoms with Gasteiger partial charge >= 0.3 is 12.0 Å². The van der Waals surface area contributed by atoms with Crippen molar-refractivity contribution in [3.05, 3.63) is 92.3 Å². The molecule has 0 spiro atoms. The van der Waals surface area contributed by atoms with E-state index in [0.29, 0.717) is 11.3 Å². The van der Waals surface area contributed by atoms with Crippen molar-refractivity contribution in [2.24, 2.45) is 0 Å². The number of carbonyl (C=O) groups excluding carboxylic acids is 2. The van der Waals surface area contributed by atoms with Gasteiger partial charge < -0.3 is 25.6 Å². The van der Waals surface area contributed by atoms with Crippen molar-refractivity contribution < 1.29 is 19.5 Å². The van der Waals surface area contributed by atoms with Crippen LogP contribution in [0.3, 0.4) is 0 Å². The van der Waals surface area contributed by atoms with Gasteiger partial charge in [0.15, 0.2) is 0 Å². The van der Waals surface area contributed by atoms with Gasteiger partial charge in [0, 0.05) is 23.3 Å². The molecule has 0 fully saturated rings. The van der Waals surface area contributed by atoms with Crippen molar-refractivity contribution in [1.82, 2.24) is 9.88 Å². The molecular weight excluding hydrogens is 516 g/mol. The molecule has 35 heavy (non-hydrogen) atoms. The molecule has 3 rings (SSSR count). The number of carbonyl (C=O) groups is 3. The van der Waals surface area contributed by atoms with Gasteiger partial charge in [0.05, 0.1) is 19.0 Å².